The smallest absolute Gasteiger partial charge is 0.305 e. The highest BCUT2D eigenvalue weighted by molar-refractivity contribution is 5.76. The molecule has 0 aromatic rings. The fourth-order valence-corrected chi connectivity index (χ4v) is 9.29. The number of allylic oxidation sites excluding steroid dienone is 7. The Balaban J connectivity index is 3.36. The molecule has 0 radical (unpaired) electrons. The number of hydrogen-bond donors (Lipinski definition) is 3. The van der Waals surface area contributed by atoms with Crippen LogP contribution in [0.4, 0.5) is 0 Å². The van der Waals surface area contributed by atoms with E-state index in [9.17, 15) is 19.8 Å². The molecule has 0 rings (SSSR count). The normalized spacial score (nSPS) is 12.9. The van der Waals surface area contributed by atoms with Crippen LogP contribution < -0.4 is 5.32 Å². The summed E-state index contributed by atoms with van der Waals surface area (Å²) in [6, 6.07) is -0.625. The average Bonchev–Trinajstić information content (AvgIpc) is 3.36. The monoisotopic (exact) mass is 982 g/mol. The fraction of sp³-hybridized carbons (Fsp3) is 0.844. The molecular weight excluding hydrogens is 863 g/mol. The van der Waals surface area contributed by atoms with Gasteiger partial charge in [-0.15, -0.1) is 0 Å². The molecule has 0 saturated carbocycles. The molecule has 0 spiro atoms. The SMILES string of the molecule is CCCC/C=C\C/C=C\CCCCCCCC(=O)OCCCCCCCCCCCCCC/C=C\CCCCCCCCCCCCCCCCC(=O)NC(CO)C(O)/C=C/CCCCCCCCC. The molecule has 70 heavy (non-hydrogen) atoms. The number of amides is 1. The van der Waals surface area contributed by atoms with Gasteiger partial charge in [0.15, 0.2) is 0 Å². The van der Waals surface area contributed by atoms with Crippen molar-refractivity contribution >= 4 is 11.9 Å². The maximum absolute atomic E-state index is 12.4. The Labute approximate surface area is 436 Å². The fourth-order valence-electron chi connectivity index (χ4n) is 9.29. The summed E-state index contributed by atoms with van der Waals surface area (Å²) in [5, 5.41) is 22.9. The van der Waals surface area contributed by atoms with Crippen LogP contribution >= 0.6 is 0 Å². The summed E-state index contributed by atoms with van der Waals surface area (Å²) in [6.45, 7) is 4.83. The zero-order valence-electron chi connectivity index (χ0n) is 46.7. The molecule has 0 aromatic heterocycles. The van der Waals surface area contributed by atoms with Gasteiger partial charge < -0.3 is 20.3 Å². The maximum Gasteiger partial charge on any atom is 0.305 e. The Hall–Kier alpha value is -2.18. The number of nitrogens with one attached hydrogen (secondary N) is 1. The number of esters is 1. The number of aliphatic hydroxyl groups is 2. The quantitative estimate of drug-likeness (QED) is 0.0321. The van der Waals surface area contributed by atoms with E-state index >= 15 is 0 Å². The standard InChI is InChI=1S/C64H119NO5/c1-3-5-7-9-11-13-14-15-35-38-42-46-50-54-58-64(69)70-59-55-51-47-43-39-36-33-31-29-27-25-23-21-19-17-16-18-20-22-24-26-28-30-32-34-37-41-45-49-53-57-63(68)65-61(60-66)62(67)56-52-48-44-40-12-10-8-6-4-2/h9,11,14-15,17,19,52,56,61-62,66-67H,3-8,10,12-13,16,18,20-51,53-55,57-60H2,1-2H3,(H,65,68)/b11-9-,15-14-,19-17-,56-52+. The number of ether oxygens (including phenoxy) is 1. The van der Waals surface area contributed by atoms with Crippen molar-refractivity contribution in [3.63, 3.8) is 0 Å². The number of carbonyl (C=O) groups is 2. The summed E-state index contributed by atoms with van der Waals surface area (Å²) in [4.78, 5) is 24.4. The molecule has 2 atom stereocenters. The van der Waals surface area contributed by atoms with Crippen LogP contribution in [0, 0.1) is 0 Å². The third-order valence-corrected chi connectivity index (χ3v) is 14.1. The van der Waals surface area contributed by atoms with Gasteiger partial charge in [0.25, 0.3) is 0 Å². The molecule has 0 aliphatic heterocycles. The molecule has 3 N–H and O–H groups in total. The zero-order valence-corrected chi connectivity index (χ0v) is 46.7. The Morgan fingerprint density at radius 3 is 1.14 bits per heavy atom. The van der Waals surface area contributed by atoms with Gasteiger partial charge in [0.05, 0.1) is 25.4 Å². The minimum absolute atomic E-state index is 0.00160. The lowest BCUT2D eigenvalue weighted by Gasteiger charge is -2.20. The van der Waals surface area contributed by atoms with Crippen LogP contribution in [0.1, 0.15) is 322 Å². The molecule has 0 bridgehead atoms. The summed E-state index contributed by atoms with van der Waals surface area (Å²) in [5.41, 5.74) is 0. The van der Waals surface area contributed by atoms with E-state index in [4.69, 9.17) is 4.74 Å². The lowest BCUT2D eigenvalue weighted by atomic mass is 10.0. The van der Waals surface area contributed by atoms with Gasteiger partial charge in [-0.1, -0.05) is 274 Å². The van der Waals surface area contributed by atoms with Gasteiger partial charge in [0.2, 0.25) is 5.91 Å². The molecule has 6 nitrogen and oxygen atoms in total. The van der Waals surface area contributed by atoms with Gasteiger partial charge in [-0.25, -0.2) is 0 Å². The van der Waals surface area contributed by atoms with Crippen molar-refractivity contribution in [3.8, 4) is 0 Å². The number of aliphatic hydroxyl groups excluding tert-OH is 2. The highest BCUT2D eigenvalue weighted by Crippen LogP contribution is 2.17. The Morgan fingerprint density at radius 2 is 0.729 bits per heavy atom. The van der Waals surface area contributed by atoms with Crippen molar-refractivity contribution < 1.29 is 24.5 Å². The number of hydrogen-bond acceptors (Lipinski definition) is 5. The first-order valence-electron chi connectivity index (χ1n) is 30.9. The van der Waals surface area contributed by atoms with E-state index in [0.717, 1.165) is 51.4 Å². The molecule has 0 aromatic carbocycles. The second-order valence-electron chi connectivity index (χ2n) is 21.0. The molecule has 0 fully saturated rings. The number of carbonyl (C=O) groups excluding carboxylic acids is 2. The van der Waals surface area contributed by atoms with E-state index in [1.165, 1.54) is 244 Å². The molecule has 6 heteroatoms. The van der Waals surface area contributed by atoms with E-state index in [1.807, 2.05) is 6.08 Å². The predicted octanol–water partition coefficient (Wildman–Crippen LogP) is 19.4. The second-order valence-corrected chi connectivity index (χ2v) is 21.0. The maximum atomic E-state index is 12.4. The van der Waals surface area contributed by atoms with E-state index in [2.05, 4.69) is 55.6 Å². The first-order chi connectivity index (χ1) is 34.5. The zero-order chi connectivity index (χ0) is 50.7. The van der Waals surface area contributed by atoms with Crippen molar-refractivity contribution in [2.24, 2.45) is 0 Å². The van der Waals surface area contributed by atoms with Crippen molar-refractivity contribution in [1.29, 1.82) is 0 Å². The third-order valence-electron chi connectivity index (χ3n) is 14.1. The van der Waals surface area contributed by atoms with Crippen molar-refractivity contribution in [2.75, 3.05) is 13.2 Å². The second kappa shape index (κ2) is 59.4. The van der Waals surface area contributed by atoms with Crippen LogP contribution in [0.15, 0.2) is 48.6 Å². The van der Waals surface area contributed by atoms with Gasteiger partial charge >= 0.3 is 5.97 Å². The van der Waals surface area contributed by atoms with Gasteiger partial charge in [-0.05, 0) is 83.5 Å². The summed E-state index contributed by atoms with van der Waals surface area (Å²) >= 11 is 0. The summed E-state index contributed by atoms with van der Waals surface area (Å²) in [7, 11) is 0. The van der Waals surface area contributed by atoms with E-state index in [-0.39, 0.29) is 18.5 Å². The van der Waals surface area contributed by atoms with Gasteiger partial charge in [-0.2, -0.15) is 0 Å². The van der Waals surface area contributed by atoms with Crippen molar-refractivity contribution in [2.45, 2.75) is 334 Å². The Morgan fingerprint density at radius 1 is 0.400 bits per heavy atom. The topological polar surface area (TPSA) is 95.9 Å². The highest BCUT2D eigenvalue weighted by Gasteiger charge is 2.18. The Bertz CT molecular complexity index is 1180. The van der Waals surface area contributed by atoms with Gasteiger partial charge in [0.1, 0.15) is 0 Å². The number of unbranched alkanes of at least 4 members (excludes halogenated alkanes) is 40. The van der Waals surface area contributed by atoms with E-state index < -0.39 is 12.1 Å². The summed E-state index contributed by atoms with van der Waals surface area (Å²) < 4.78 is 5.47. The van der Waals surface area contributed by atoms with Crippen LogP contribution in [0.2, 0.25) is 0 Å². The van der Waals surface area contributed by atoms with Crippen LogP contribution in [0.5, 0.6) is 0 Å². The highest BCUT2D eigenvalue weighted by atomic mass is 16.5. The van der Waals surface area contributed by atoms with Crippen LogP contribution in [-0.4, -0.2) is 47.4 Å². The third kappa shape index (κ3) is 55.1. The molecule has 0 aliphatic carbocycles. The Kier molecular flexibility index (Phi) is 57.5. The first kappa shape index (κ1) is 67.8. The lowest BCUT2D eigenvalue weighted by Crippen LogP contribution is -2.45. The molecule has 0 saturated heterocycles. The lowest BCUT2D eigenvalue weighted by molar-refractivity contribution is -0.143. The minimum atomic E-state index is -0.841. The number of rotatable bonds is 57. The molecule has 0 heterocycles. The van der Waals surface area contributed by atoms with Crippen LogP contribution in [0.25, 0.3) is 0 Å². The summed E-state index contributed by atoms with van der Waals surface area (Å²) in [6.07, 6.45) is 76.0. The van der Waals surface area contributed by atoms with Crippen molar-refractivity contribution in [1.82, 2.24) is 5.32 Å². The van der Waals surface area contributed by atoms with E-state index in [0.29, 0.717) is 19.4 Å². The van der Waals surface area contributed by atoms with Crippen molar-refractivity contribution in [3.05, 3.63) is 48.6 Å². The molecule has 0 aliphatic rings. The molecular formula is C64H119NO5. The summed E-state index contributed by atoms with van der Waals surface area (Å²) in [5.74, 6) is -0.0676. The van der Waals surface area contributed by atoms with Gasteiger partial charge in [-0.3, -0.25) is 9.59 Å². The minimum Gasteiger partial charge on any atom is -0.466 e. The van der Waals surface area contributed by atoms with Crippen LogP contribution in [-0.2, 0) is 14.3 Å². The predicted molar refractivity (Wildman–Crippen MR) is 306 cm³/mol. The average molecular weight is 983 g/mol. The molecule has 2 unspecified atom stereocenters. The van der Waals surface area contributed by atoms with E-state index in [1.54, 1.807) is 6.08 Å². The largest absolute Gasteiger partial charge is 0.466 e. The molecule has 1 amide bonds. The molecule has 410 valence electrons. The first-order valence-corrected chi connectivity index (χ1v) is 30.9. The van der Waals surface area contributed by atoms with Crippen LogP contribution in [0.3, 0.4) is 0 Å². The van der Waals surface area contributed by atoms with Gasteiger partial charge in [0, 0.05) is 12.8 Å².